The van der Waals surface area contributed by atoms with Crippen LogP contribution in [0.15, 0.2) is 11.6 Å². The van der Waals surface area contributed by atoms with Crippen molar-refractivity contribution in [3.63, 3.8) is 0 Å². The van der Waals surface area contributed by atoms with Gasteiger partial charge in [-0.3, -0.25) is 0 Å². The van der Waals surface area contributed by atoms with Gasteiger partial charge in [0.2, 0.25) is 0 Å². The summed E-state index contributed by atoms with van der Waals surface area (Å²) in [6.07, 6.45) is 1.99. The van der Waals surface area contributed by atoms with Crippen molar-refractivity contribution in [2.24, 2.45) is 0 Å². The number of methoxy groups -OCH3 is 1. The third-order valence-electron chi connectivity index (χ3n) is 2.07. The van der Waals surface area contributed by atoms with Gasteiger partial charge in [0.05, 0.1) is 0 Å². The van der Waals surface area contributed by atoms with Crippen LogP contribution >= 0.6 is 0 Å². The third kappa shape index (κ3) is 5.97. The molecule has 0 fully saturated rings. The maximum atomic E-state index is 6.16. The first-order chi connectivity index (χ1) is 7.46. The lowest BCUT2D eigenvalue weighted by molar-refractivity contribution is -0.271. The van der Waals surface area contributed by atoms with Crippen molar-refractivity contribution >= 4 is 16.6 Å². The Labute approximate surface area is 108 Å². The van der Waals surface area contributed by atoms with E-state index < -0.39 is 22.6 Å². The number of hydrogen-bond donors (Lipinski definition) is 0. The van der Waals surface area contributed by atoms with Crippen LogP contribution in [0.2, 0.25) is 39.3 Å². The largest absolute Gasteiger partial charge is 0.367 e. The molecule has 0 radical (unpaired) electrons. The summed E-state index contributed by atoms with van der Waals surface area (Å²) in [5.74, 6) is -0.996. The second-order valence-corrected chi connectivity index (χ2v) is 15.0. The second kappa shape index (κ2) is 5.80. The van der Waals surface area contributed by atoms with Crippen LogP contribution in [0.25, 0.3) is 0 Å². The number of ether oxygens (including phenoxy) is 1. The summed E-state index contributed by atoms with van der Waals surface area (Å²) in [6, 6.07) is 0. The monoisotopic (exact) mass is 276 g/mol. The summed E-state index contributed by atoms with van der Waals surface area (Å²) in [4.78, 5) is 0. The molecule has 0 heterocycles. The lowest BCUT2D eigenvalue weighted by atomic mass is 10.2. The first kappa shape index (κ1) is 17.1. The summed E-state index contributed by atoms with van der Waals surface area (Å²) in [6.45, 7) is 16.8. The fourth-order valence-electron chi connectivity index (χ4n) is 1.41. The Morgan fingerprint density at radius 2 is 1.29 bits per heavy atom. The zero-order chi connectivity index (χ0) is 13.9. The van der Waals surface area contributed by atoms with Crippen LogP contribution < -0.4 is 0 Å². The Morgan fingerprint density at radius 1 is 0.941 bits per heavy atom. The first-order valence-corrected chi connectivity index (χ1v) is 12.9. The minimum Gasteiger partial charge on any atom is -0.367 e. The molecular weight excluding hydrogens is 248 g/mol. The lowest BCUT2D eigenvalue weighted by Crippen LogP contribution is -2.52. The molecule has 0 aromatic carbocycles. The van der Waals surface area contributed by atoms with Crippen molar-refractivity contribution in [1.29, 1.82) is 0 Å². The minimum absolute atomic E-state index is 0.977. The molecule has 0 bridgehead atoms. The average molecular weight is 277 g/mol. The fourth-order valence-corrected chi connectivity index (χ4v) is 3.68. The Morgan fingerprint density at radius 3 is 1.47 bits per heavy atom. The topological polar surface area (TPSA) is 27.7 Å². The van der Waals surface area contributed by atoms with Gasteiger partial charge in [0.15, 0.2) is 16.6 Å². The van der Waals surface area contributed by atoms with Crippen LogP contribution in [0, 0.1) is 0 Å². The molecule has 0 rings (SSSR count). The smallest absolute Gasteiger partial charge is 0.288 e. The molecule has 0 atom stereocenters. The molecule has 0 aliphatic rings. The highest BCUT2D eigenvalue weighted by Gasteiger charge is 2.42. The molecule has 0 unspecified atom stereocenters. The highest BCUT2D eigenvalue weighted by Crippen LogP contribution is 2.31. The van der Waals surface area contributed by atoms with Gasteiger partial charge in [0.25, 0.3) is 5.97 Å². The Kier molecular flexibility index (Phi) is 5.81. The molecule has 0 amide bonds. The zero-order valence-corrected chi connectivity index (χ0v) is 14.8. The zero-order valence-electron chi connectivity index (χ0n) is 12.8. The quantitative estimate of drug-likeness (QED) is 0.417. The van der Waals surface area contributed by atoms with E-state index in [0.29, 0.717) is 0 Å². The van der Waals surface area contributed by atoms with Crippen molar-refractivity contribution < 1.29 is 13.6 Å². The van der Waals surface area contributed by atoms with E-state index in [9.17, 15) is 0 Å². The van der Waals surface area contributed by atoms with Crippen molar-refractivity contribution in [2.75, 3.05) is 7.11 Å². The maximum absolute atomic E-state index is 6.16. The van der Waals surface area contributed by atoms with Gasteiger partial charge in [0.1, 0.15) is 0 Å². The number of allylic oxidation sites excluding steroid dienone is 1. The molecule has 0 saturated carbocycles. The Hall–Kier alpha value is 0.0538. The molecular formula is C12H28O3Si2. The SMILES string of the molecule is C/C=C(\C)C(OC)(O[Si](C)(C)C)O[Si](C)(C)C. The van der Waals surface area contributed by atoms with Gasteiger partial charge in [0, 0.05) is 12.7 Å². The van der Waals surface area contributed by atoms with E-state index in [1.807, 2.05) is 19.9 Å². The van der Waals surface area contributed by atoms with Gasteiger partial charge in [-0.15, -0.1) is 0 Å². The third-order valence-corrected chi connectivity index (χ3v) is 3.83. The van der Waals surface area contributed by atoms with Crippen LogP contribution in [0.4, 0.5) is 0 Å². The van der Waals surface area contributed by atoms with Crippen LogP contribution in [-0.4, -0.2) is 29.7 Å². The van der Waals surface area contributed by atoms with Gasteiger partial charge in [-0.2, -0.15) is 0 Å². The standard InChI is InChI=1S/C12H28O3Si2/c1-10-11(2)12(13-3,14-16(4,5)6)15-17(7,8)9/h10H,1-9H3/b11-10+. The molecule has 0 spiro atoms. The Balaban J connectivity index is 5.31. The van der Waals surface area contributed by atoms with Crippen LogP contribution in [-0.2, 0) is 13.6 Å². The molecule has 0 aliphatic carbocycles. The predicted molar refractivity (Wildman–Crippen MR) is 78.0 cm³/mol. The van der Waals surface area contributed by atoms with Crippen molar-refractivity contribution in [3.05, 3.63) is 11.6 Å². The summed E-state index contributed by atoms with van der Waals surface area (Å²) < 4.78 is 17.9. The van der Waals surface area contributed by atoms with E-state index >= 15 is 0 Å². The first-order valence-electron chi connectivity index (χ1n) is 6.04. The maximum Gasteiger partial charge on any atom is 0.288 e. The van der Waals surface area contributed by atoms with Crippen LogP contribution in [0.5, 0.6) is 0 Å². The normalized spacial score (nSPS) is 15.2. The molecule has 0 N–H and O–H groups in total. The molecule has 3 nitrogen and oxygen atoms in total. The van der Waals surface area contributed by atoms with Crippen molar-refractivity contribution in [3.8, 4) is 0 Å². The van der Waals surface area contributed by atoms with E-state index in [-0.39, 0.29) is 0 Å². The van der Waals surface area contributed by atoms with Crippen LogP contribution in [0.3, 0.4) is 0 Å². The molecule has 17 heavy (non-hydrogen) atoms. The van der Waals surface area contributed by atoms with Crippen molar-refractivity contribution in [2.45, 2.75) is 59.1 Å². The molecule has 0 aromatic rings. The average Bonchev–Trinajstić information content (AvgIpc) is 2.10. The van der Waals surface area contributed by atoms with Crippen LogP contribution in [0.1, 0.15) is 13.8 Å². The van der Waals surface area contributed by atoms with E-state index in [2.05, 4.69) is 39.3 Å². The Bertz CT molecular complexity index is 258. The summed E-state index contributed by atoms with van der Waals surface area (Å²) >= 11 is 0. The fraction of sp³-hybridized carbons (Fsp3) is 0.833. The minimum atomic E-state index is -1.76. The summed E-state index contributed by atoms with van der Waals surface area (Å²) in [5.41, 5.74) is 0.977. The van der Waals surface area contributed by atoms with Gasteiger partial charge in [-0.25, -0.2) is 0 Å². The van der Waals surface area contributed by atoms with E-state index in [1.165, 1.54) is 0 Å². The van der Waals surface area contributed by atoms with Gasteiger partial charge in [-0.1, -0.05) is 6.08 Å². The predicted octanol–water partition coefficient (Wildman–Crippen LogP) is 3.96. The molecule has 0 aliphatic heterocycles. The van der Waals surface area contributed by atoms with E-state index in [1.54, 1.807) is 7.11 Å². The second-order valence-electron chi connectivity index (χ2n) is 6.16. The summed E-state index contributed by atoms with van der Waals surface area (Å²) in [7, 11) is -1.88. The van der Waals surface area contributed by atoms with E-state index in [0.717, 1.165) is 5.57 Å². The van der Waals surface area contributed by atoms with Crippen molar-refractivity contribution in [1.82, 2.24) is 0 Å². The molecule has 102 valence electrons. The van der Waals surface area contributed by atoms with Gasteiger partial charge >= 0.3 is 0 Å². The van der Waals surface area contributed by atoms with Gasteiger partial charge < -0.3 is 13.6 Å². The highest BCUT2D eigenvalue weighted by atomic mass is 28.4. The molecule has 0 saturated heterocycles. The summed E-state index contributed by atoms with van der Waals surface area (Å²) in [5, 5.41) is 0. The van der Waals surface area contributed by atoms with Gasteiger partial charge in [-0.05, 0) is 53.1 Å². The molecule has 0 aromatic heterocycles. The number of rotatable bonds is 6. The van der Waals surface area contributed by atoms with E-state index in [4.69, 9.17) is 13.6 Å². The molecule has 5 heteroatoms. The highest BCUT2D eigenvalue weighted by molar-refractivity contribution is 6.71. The lowest BCUT2D eigenvalue weighted by Gasteiger charge is -2.41. The number of hydrogen-bond acceptors (Lipinski definition) is 3.